The Morgan fingerprint density at radius 2 is 2.19 bits per heavy atom. The number of cyclic esters (lactones) is 1. The van der Waals surface area contributed by atoms with Crippen molar-refractivity contribution in [3.63, 3.8) is 0 Å². The number of nitrogens with zero attached hydrogens (tertiary/aromatic N) is 7. The average molecular weight is 366 g/mol. The lowest BCUT2D eigenvalue weighted by Crippen LogP contribution is -2.26. The van der Waals surface area contributed by atoms with Gasteiger partial charge in [-0.2, -0.15) is 15.0 Å². The molecule has 1 fully saturated rings. The van der Waals surface area contributed by atoms with Crippen molar-refractivity contribution in [2.24, 2.45) is 0 Å². The van der Waals surface area contributed by atoms with Crippen LogP contribution in [0.25, 0.3) is 5.69 Å². The molecule has 10 heteroatoms. The number of carbonyl (C=O) groups is 1. The van der Waals surface area contributed by atoms with E-state index in [-0.39, 0.29) is 12.0 Å². The van der Waals surface area contributed by atoms with E-state index in [9.17, 15) is 4.79 Å². The molecule has 1 amide bonds. The van der Waals surface area contributed by atoms with Gasteiger partial charge in [-0.1, -0.05) is 0 Å². The van der Waals surface area contributed by atoms with Gasteiger partial charge in [0.05, 0.1) is 36.5 Å². The Kier molecular flexibility index (Phi) is 4.37. The highest BCUT2D eigenvalue weighted by Gasteiger charge is 2.27. The summed E-state index contributed by atoms with van der Waals surface area (Å²) < 4.78 is 6.84. The minimum absolute atomic E-state index is 0.150. The highest BCUT2D eigenvalue weighted by atomic mass is 16.6. The molecule has 0 saturated carbocycles. The number of nitrogens with one attached hydrogen (secondary N) is 1. The van der Waals surface area contributed by atoms with Crippen molar-refractivity contribution < 1.29 is 9.53 Å². The Hall–Kier alpha value is -3.56. The molecule has 4 heterocycles. The summed E-state index contributed by atoms with van der Waals surface area (Å²) in [5.41, 5.74) is 1.74. The number of hydrogen-bond acceptors (Lipinski definition) is 8. The molecule has 10 nitrogen and oxygen atoms in total. The van der Waals surface area contributed by atoms with Crippen molar-refractivity contribution >= 4 is 18.0 Å². The van der Waals surface area contributed by atoms with Crippen LogP contribution in [0.2, 0.25) is 0 Å². The van der Waals surface area contributed by atoms with E-state index < -0.39 is 6.09 Å². The van der Waals surface area contributed by atoms with Crippen LogP contribution >= 0.6 is 0 Å². The lowest BCUT2D eigenvalue weighted by Gasteiger charge is -2.15. The van der Waals surface area contributed by atoms with Gasteiger partial charge in [0.2, 0.25) is 11.9 Å². The summed E-state index contributed by atoms with van der Waals surface area (Å²) in [7, 11) is 0. The van der Waals surface area contributed by atoms with Crippen LogP contribution < -0.4 is 10.2 Å². The monoisotopic (exact) mass is 366 g/mol. The van der Waals surface area contributed by atoms with Crippen molar-refractivity contribution in [3.8, 4) is 5.69 Å². The van der Waals surface area contributed by atoms with Gasteiger partial charge in [-0.15, -0.1) is 0 Å². The fourth-order valence-corrected chi connectivity index (χ4v) is 2.70. The molecule has 4 rings (SSSR count). The standard InChI is InChI=1S/C17H18N8O2/c1-11(14-9-24(10-19-14)13-4-3-5-18-8-13)20-15-21-12(2)22-16(23-15)25-6-7-27-17(25)26/h3-5,8-11H,6-7H2,1-2H3,(H,20,21,22,23)/t11-/m0/s1. The fourth-order valence-electron chi connectivity index (χ4n) is 2.70. The van der Waals surface area contributed by atoms with Crippen LogP contribution in [0, 0.1) is 6.92 Å². The molecule has 1 saturated heterocycles. The van der Waals surface area contributed by atoms with Gasteiger partial charge < -0.3 is 14.6 Å². The maximum absolute atomic E-state index is 11.7. The highest BCUT2D eigenvalue weighted by Crippen LogP contribution is 2.20. The van der Waals surface area contributed by atoms with E-state index in [2.05, 4.69) is 30.2 Å². The Balaban J connectivity index is 1.53. The first-order chi connectivity index (χ1) is 13.1. The number of aromatic nitrogens is 6. The van der Waals surface area contributed by atoms with Crippen LogP contribution in [0.1, 0.15) is 24.5 Å². The van der Waals surface area contributed by atoms with Crippen LogP contribution in [-0.4, -0.2) is 48.7 Å². The zero-order chi connectivity index (χ0) is 18.8. The van der Waals surface area contributed by atoms with Gasteiger partial charge in [-0.05, 0) is 26.0 Å². The second-order valence-corrected chi connectivity index (χ2v) is 6.06. The van der Waals surface area contributed by atoms with Crippen LogP contribution in [0.3, 0.4) is 0 Å². The van der Waals surface area contributed by atoms with Gasteiger partial charge in [-0.25, -0.2) is 14.7 Å². The molecule has 27 heavy (non-hydrogen) atoms. The smallest absolute Gasteiger partial charge is 0.416 e. The third-order valence-electron chi connectivity index (χ3n) is 4.07. The summed E-state index contributed by atoms with van der Waals surface area (Å²) in [5, 5.41) is 3.21. The van der Waals surface area contributed by atoms with Crippen molar-refractivity contribution in [3.05, 3.63) is 48.6 Å². The molecular weight excluding hydrogens is 348 g/mol. The minimum atomic E-state index is -0.449. The maximum atomic E-state index is 11.7. The predicted octanol–water partition coefficient (Wildman–Crippen LogP) is 1.89. The Morgan fingerprint density at radius 1 is 1.30 bits per heavy atom. The largest absolute Gasteiger partial charge is 0.447 e. The zero-order valence-corrected chi connectivity index (χ0v) is 14.9. The number of carbonyl (C=O) groups excluding carboxylic acids is 1. The lowest BCUT2D eigenvalue weighted by molar-refractivity contribution is 0.181. The van der Waals surface area contributed by atoms with Crippen LogP contribution in [0.5, 0.6) is 0 Å². The summed E-state index contributed by atoms with van der Waals surface area (Å²) >= 11 is 0. The summed E-state index contributed by atoms with van der Waals surface area (Å²) in [6, 6.07) is 3.67. The third-order valence-corrected chi connectivity index (χ3v) is 4.07. The summed E-state index contributed by atoms with van der Waals surface area (Å²) in [6.07, 6.45) is 6.69. The molecule has 3 aromatic heterocycles. The number of amides is 1. The number of imidazole rings is 1. The average Bonchev–Trinajstić information content (AvgIpc) is 3.31. The summed E-state index contributed by atoms with van der Waals surface area (Å²) in [5.74, 6) is 1.16. The SMILES string of the molecule is Cc1nc(N[C@@H](C)c2cn(-c3cccnc3)cn2)nc(N2CCOC2=O)n1. The molecule has 1 N–H and O–H groups in total. The van der Waals surface area contributed by atoms with Crippen molar-refractivity contribution in [1.82, 2.24) is 29.5 Å². The van der Waals surface area contributed by atoms with E-state index in [1.165, 1.54) is 4.90 Å². The highest BCUT2D eigenvalue weighted by molar-refractivity contribution is 5.87. The third kappa shape index (κ3) is 3.54. The molecule has 0 aromatic carbocycles. The van der Waals surface area contributed by atoms with Gasteiger partial charge in [0.15, 0.2) is 0 Å². The molecule has 3 aromatic rings. The number of ether oxygens (including phenoxy) is 1. The van der Waals surface area contributed by atoms with Crippen molar-refractivity contribution in [2.75, 3.05) is 23.4 Å². The second-order valence-electron chi connectivity index (χ2n) is 6.06. The Labute approximate surface area is 155 Å². The molecular formula is C17H18N8O2. The van der Waals surface area contributed by atoms with Crippen LogP contribution in [-0.2, 0) is 4.74 Å². The van der Waals surface area contributed by atoms with Gasteiger partial charge in [-0.3, -0.25) is 4.98 Å². The molecule has 0 bridgehead atoms. The maximum Gasteiger partial charge on any atom is 0.416 e. The van der Waals surface area contributed by atoms with E-state index in [1.807, 2.05) is 29.8 Å². The fraction of sp³-hybridized carbons (Fsp3) is 0.294. The van der Waals surface area contributed by atoms with Gasteiger partial charge in [0, 0.05) is 12.4 Å². The molecule has 138 valence electrons. The lowest BCUT2D eigenvalue weighted by atomic mass is 10.2. The number of rotatable bonds is 5. The van der Waals surface area contributed by atoms with Gasteiger partial charge in [0.1, 0.15) is 12.4 Å². The number of pyridine rings is 1. The van der Waals surface area contributed by atoms with E-state index in [1.54, 1.807) is 25.6 Å². The molecule has 1 aliphatic rings. The first kappa shape index (κ1) is 16.9. The molecule has 0 spiro atoms. The molecule has 1 aliphatic heterocycles. The Morgan fingerprint density at radius 3 is 2.93 bits per heavy atom. The normalized spacial score (nSPS) is 14.9. The molecule has 0 unspecified atom stereocenters. The predicted molar refractivity (Wildman–Crippen MR) is 96.7 cm³/mol. The molecule has 0 radical (unpaired) electrons. The van der Waals surface area contributed by atoms with E-state index in [0.29, 0.717) is 24.9 Å². The minimum Gasteiger partial charge on any atom is -0.447 e. The van der Waals surface area contributed by atoms with Crippen LogP contribution in [0.4, 0.5) is 16.7 Å². The van der Waals surface area contributed by atoms with E-state index in [0.717, 1.165) is 11.4 Å². The van der Waals surface area contributed by atoms with Crippen LogP contribution in [0.15, 0.2) is 37.1 Å². The first-order valence-corrected chi connectivity index (χ1v) is 8.48. The first-order valence-electron chi connectivity index (χ1n) is 8.48. The van der Waals surface area contributed by atoms with Crippen molar-refractivity contribution in [2.45, 2.75) is 19.9 Å². The Bertz CT molecular complexity index is 959. The summed E-state index contributed by atoms with van der Waals surface area (Å²) in [6.45, 7) is 4.46. The van der Waals surface area contributed by atoms with E-state index >= 15 is 0 Å². The molecule has 0 aliphatic carbocycles. The molecule has 1 atom stereocenters. The van der Waals surface area contributed by atoms with Gasteiger partial charge >= 0.3 is 6.09 Å². The van der Waals surface area contributed by atoms with Gasteiger partial charge in [0.25, 0.3) is 0 Å². The number of aryl methyl sites for hydroxylation is 1. The summed E-state index contributed by atoms with van der Waals surface area (Å²) in [4.78, 5) is 34.6. The number of hydrogen-bond donors (Lipinski definition) is 1. The van der Waals surface area contributed by atoms with E-state index in [4.69, 9.17) is 4.74 Å². The topological polar surface area (TPSA) is 111 Å². The quantitative estimate of drug-likeness (QED) is 0.729. The van der Waals surface area contributed by atoms with Crippen molar-refractivity contribution in [1.29, 1.82) is 0 Å². The number of anilines is 2. The zero-order valence-electron chi connectivity index (χ0n) is 14.9. The second kappa shape index (κ2) is 6.98.